The zero-order valence-corrected chi connectivity index (χ0v) is 12.0. The van der Waals surface area contributed by atoms with E-state index >= 15 is 0 Å². The number of hydrogen-bond donors (Lipinski definition) is 4. The summed E-state index contributed by atoms with van der Waals surface area (Å²) < 4.78 is 0. The summed E-state index contributed by atoms with van der Waals surface area (Å²) in [5, 5.41) is 17.8. The van der Waals surface area contributed by atoms with Gasteiger partial charge in [-0.3, -0.25) is 0 Å². The molecular formula is C16H24N2O3. The first-order chi connectivity index (χ1) is 9.65. The van der Waals surface area contributed by atoms with Crippen LogP contribution in [0.5, 0.6) is 11.5 Å². The molecule has 0 aromatic heterocycles. The molecule has 0 amide bonds. The van der Waals surface area contributed by atoms with Crippen LogP contribution in [-0.2, 0) is 12.8 Å². The van der Waals surface area contributed by atoms with E-state index in [9.17, 15) is 0 Å². The van der Waals surface area contributed by atoms with E-state index in [1.54, 1.807) is 24.3 Å². The summed E-state index contributed by atoms with van der Waals surface area (Å²) in [6, 6.07) is 14.2. The summed E-state index contributed by atoms with van der Waals surface area (Å²) in [5.74, 6) is 0.613. The van der Waals surface area contributed by atoms with Gasteiger partial charge in [-0.2, -0.15) is 0 Å². The van der Waals surface area contributed by atoms with Crippen molar-refractivity contribution in [2.75, 3.05) is 13.1 Å². The van der Waals surface area contributed by atoms with E-state index in [2.05, 4.69) is 0 Å². The molecule has 0 radical (unpaired) electrons. The molecule has 2 rings (SSSR count). The minimum atomic E-state index is 0. The predicted octanol–water partition coefficient (Wildman–Crippen LogP) is 0.962. The molecule has 116 valence electrons. The van der Waals surface area contributed by atoms with Gasteiger partial charge in [-0.1, -0.05) is 24.3 Å². The van der Waals surface area contributed by atoms with Gasteiger partial charge < -0.3 is 27.2 Å². The number of phenolic OH excluding ortho intramolecular Hbond substituents is 2. The quantitative estimate of drug-likeness (QED) is 0.670. The molecule has 2 aromatic rings. The van der Waals surface area contributed by atoms with Crippen molar-refractivity contribution in [2.24, 2.45) is 11.5 Å². The Kier molecular flexibility index (Phi) is 9.62. The number of hydrogen-bond acceptors (Lipinski definition) is 4. The monoisotopic (exact) mass is 292 g/mol. The fourth-order valence-electron chi connectivity index (χ4n) is 1.66. The molecule has 0 bridgehead atoms. The topological polar surface area (TPSA) is 124 Å². The van der Waals surface area contributed by atoms with Gasteiger partial charge in [0.15, 0.2) is 0 Å². The summed E-state index contributed by atoms with van der Waals surface area (Å²) in [6.45, 7) is 1.32. The SMILES string of the molecule is NCCc1ccc(O)cc1.NCCc1ccc(O)cc1.O. The van der Waals surface area contributed by atoms with Crippen molar-refractivity contribution >= 4 is 0 Å². The number of aromatic hydroxyl groups is 2. The summed E-state index contributed by atoms with van der Waals surface area (Å²) >= 11 is 0. The minimum absolute atomic E-state index is 0. The molecule has 21 heavy (non-hydrogen) atoms. The van der Waals surface area contributed by atoms with Crippen LogP contribution in [0.2, 0.25) is 0 Å². The molecule has 5 nitrogen and oxygen atoms in total. The molecule has 0 unspecified atom stereocenters. The summed E-state index contributed by atoms with van der Waals surface area (Å²) in [5.41, 5.74) is 13.0. The number of rotatable bonds is 4. The molecule has 0 heterocycles. The zero-order chi connectivity index (χ0) is 14.8. The van der Waals surface area contributed by atoms with Crippen molar-refractivity contribution in [2.45, 2.75) is 12.8 Å². The summed E-state index contributed by atoms with van der Waals surface area (Å²) in [7, 11) is 0. The average Bonchev–Trinajstić information content (AvgIpc) is 2.45. The normalized spacial score (nSPS) is 9.24. The Morgan fingerprint density at radius 3 is 1.14 bits per heavy atom. The van der Waals surface area contributed by atoms with E-state index < -0.39 is 0 Å². The van der Waals surface area contributed by atoms with Gasteiger partial charge in [0.05, 0.1) is 0 Å². The van der Waals surface area contributed by atoms with E-state index in [0.717, 1.165) is 12.8 Å². The Morgan fingerprint density at radius 1 is 0.619 bits per heavy atom. The van der Waals surface area contributed by atoms with Crippen molar-refractivity contribution in [1.29, 1.82) is 0 Å². The lowest BCUT2D eigenvalue weighted by atomic mass is 10.1. The smallest absolute Gasteiger partial charge is 0.115 e. The lowest BCUT2D eigenvalue weighted by Gasteiger charge is -1.96. The van der Waals surface area contributed by atoms with Crippen LogP contribution in [0.4, 0.5) is 0 Å². The maximum absolute atomic E-state index is 8.89. The Bertz CT molecular complexity index is 436. The second-order valence-corrected chi connectivity index (χ2v) is 4.41. The molecule has 8 N–H and O–H groups in total. The highest BCUT2D eigenvalue weighted by Crippen LogP contribution is 2.09. The van der Waals surface area contributed by atoms with Crippen LogP contribution >= 0.6 is 0 Å². The molecule has 0 aliphatic carbocycles. The third kappa shape index (κ3) is 7.94. The first-order valence-electron chi connectivity index (χ1n) is 6.61. The van der Waals surface area contributed by atoms with E-state index in [1.807, 2.05) is 24.3 Å². The van der Waals surface area contributed by atoms with Crippen LogP contribution in [0.25, 0.3) is 0 Å². The summed E-state index contributed by atoms with van der Waals surface area (Å²) in [6.07, 6.45) is 1.75. The molecule has 0 fully saturated rings. The molecule has 2 aromatic carbocycles. The lowest BCUT2D eigenvalue weighted by molar-refractivity contribution is 0.474. The van der Waals surface area contributed by atoms with Crippen LogP contribution in [0.1, 0.15) is 11.1 Å². The van der Waals surface area contributed by atoms with E-state index in [0.29, 0.717) is 24.6 Å². The number of phenols is 2. The first-order valence-corrected chi connectivity index (χ1v) is 6.61. The van der Waals surface area contributed by atoms with Crippen molar-refractivity contribution < 1.29 is 15.7 Å². The third-order valence-electron chi connectivity index (χ3n) is 2.74. The number of nitrogens with two attached hydrogens (primary N) is 2. The van der Waals surface area contributed by atoms with Crippen molar-refractivity contribution in [3.63, 3.8) is 0 Å². The lowest BCUT2D eigenvalue weighted by Crippen LogP contribution is -2.01. The van der Waals surface area contributed by atoms with Crippen LogP contribution in [0.3, 0.4) is 0 Å². The average molecular weight is 292 g/mol. The van der Waals surface area contributed by atoms with Gasteiger partial charge in [0.1, 0.15) is 11.5 Å². The van der Waals surface area contributed by atoms with Crippen LogP contribution in [-0.4, -0.2) is 28.8 Å². The predicted molar refractivity (Wildman–Crippen MR) is 85.3 cm³/mol. The molecule has 0 aliphatic heterocycles. The largest absolute Gasteiger partial charge is 0.508 e. The molecule has 5 heteroatoms. The van der Waals surface area contributed by atoms with Gasteiger partial charge >= 0.3 is 0 Å². The highest BCUT2D eigenvalue weighted by molar-refractivity contribution is 5.26. The van der Waals surface area contributed by atoms with E-state index in [4.69, 9.17) is 21.7 Å². The maximum atomic E-state index is 8.89. The van der Waals surface area contributed by atoms with Gasteiger partial charge in [0.2, 0.25) is 0 Å². The van der Waals surface area contributed by atoms with Crippen molar-refractivity contribution in [3.05, 3.63) is 59.7 Å². The maximum Gasteiger partial charge on any atom is 0.115 e. The third-order valence-corrected chi connectivity index (χ3v) is 2.74. The Balaban J connectivity index is 0.000000364. The van der Waals surface area contributed by atoms with Crippen LogP contribution in [0.15, 0.2) is 48.5 Å². The number of benzene rings is 2. The van der Waals surface area contributed by atoms with Crippen molar-refractivity contribution in [1.82, 2.24) is 0 Å². The van der Waals surface area contributed by atoms with Crippen molar-refractivity contribution in [3.8, 4) is 11.5 Å². The minimum Gasteiger partial charge on any atom is -0.508 e. The highest BCUT2D eigenvalue weighted by atomic mass is 16.3. The fourth-order valence-corrected chi connectivity index (χ4v) is 1.66. The zero-order valence-electron chi connectivity index (χ0n) is 12.0. The second-order valence-electron chi connectivity index (χ2n) is 4.41. The Morgan fingerprint density at radius 2 is 0.905 bits per heavy atom. The van der Waals surface area contributed by atoms with E-state index in [-0.39, 0.29) is 5.48 Å². The fraction of sp³-hybridized carbons (Fsp3) is 0.250. The molecule has 0 spiro atoms. The first kappa shape index (κ1) is 18.9. The van der Waals surface area contributed by atoms with E-state index in [1.165, 1.54) is 11.1 Å². The molecule has 0 saturated carbocycles. The van der Waals surface area contributed by atoms with Gasteiger partial charge in [0, 0.05) is 0 Å². The Labute approximate surface area is 125 Å². The van der Waals surface area contributed by atoms with Gasteiger partial charge in [0.25, 0.3) is 0 Å². The van der Waals surface area contributed by atoms with Gasteiger partial charge in [-0.25, -0.2) is 0 Å². The highest BCUT2D eigenvalue weighted by Gasteiger charge is 1.90. The second kappa shape index (κ2) is 10.7. The van der Waals surface area contributed by atoms with Crippen LogP contribution in [0, 0.1) is 0 Å². The molecular weight excluding hydrogens is 268 g/mol. The van der Waals surface area contributed by atoms with Gasteiger partial charge in [-0.05, 0) is 61.3 Å². The summed E-state index contributed by atoms with van der Waals surface area (Å²) in [4.78, 5) is 0. The molecule has 0 atom stereocenters. The van der Waals surface area contributed by atoms with Gasteiger partial charge in [-0.15, -0.1) is 0 Å². The van der Waals surface area contributed by atoms with Crippen LogP contribution < -0.4 is 11.5 Å². The molecule has 0 saturated heterocycles. The molecule has 0 aliphatic rings. The Hall–Kier alpha value is -2.08. The standard InChI is InChI=1S/2C8H11NO.H2O/c2*9-6-5-7-1-3-8(10)4-2-7;/h2*1-4,10H,5-6,9H2;1H2.